The van der Waals surface area contributed by atoms with Crippen molar-refractivity contribution in [3.05, 3.63) is 94.5 Å². The summed E-state index contributed by atoms with van der Waals surface area (Å²) in [5.41, 5.74) is 4.00. The minimum Gasteiger partial charge on any atom is -0.348 e. The molecule has 2 fully saturated rings. The van der Waals surface area contributed by atoms with Gasteiger partial charge in [0.05, 0.1) is 18.7 Å². The maximum atomic E-state index is 13.2. The maximum Gasteiger partial charge on any atom is 0.326 e. The molecule has 180 valence electrons. The fraction of sp³-hybridized carbons (Fsp3) is 0.357. The highest BCUT2D eigenvalue weighted by atomic mass is 16.7. The van der Waals surface area contributed by atoms with Gasteiger partial charge in [-0.1, -0.05) is 60.7 Å². The number of aromatic amines is 1. The summed E-state index contributed by atoms with van der Waals surface area (Å²) in [6.45, 7) is 2.70. The molecule has 1 aliphatic heterocycles. The van der Waals surface area contributed by atoms with E-state index in [0.29, 0.717) is 26.3 Å². The standard InChI is InChI=1S/C28H30N4O3/c33-27-30-25-24(32(27)23-11-14-28(15-12-23)34-17-18-35-28)13-16-29-26(25)31(19-21-7-3-1-4-8-21)20-22-9-5-2-6-10-22/h1-10,13,16,23H,11-12,14-15,17-20H2,(H,30,33). The Morgan fingerprint density at radius 2 is 1.51 bits per heavy atom. The van der Waals surface area contributed by atoms with Gasteiger partial charge in [-0.3, -0.25) is 4.57 Å². The molecule has 7 nitrogen and oxygen atoms in total. The third-order valence-electron chi connectivity index (χ3n) is 7.25. The van der Waals surface area contributed by atoms with Gasteiger partial charge < -0.3 is 19.4 Å². The zero-order valence-electron chi connectivity index (χ0n) is 19.7. The molecule has 0 atom stereocenters. The van der Waals surface area contributed by atoms with Gasteiger partial charge in [0.1, 0.15) is 5.52 Å². The van der Waals surface area contributed by atoms with Crippen molar-refractivity contribution >= 4 is 16.9 Å². The Kier molecular flexibility index (Phi) is 5.88. The summed E-state index contributed by atoms with van der Waals surface area (Å²) in [5.74, 6) is 0.349. The molecule has 1 spiro atoms. The van der Waals surface area contributed by atoms with Gasteiger partial charge >= 0.3 is 5.69 Å². The van der Waals surface area contributed by atoms with Crippen LogP contribution in [0.4, 0.5) is 5.82 Å². The van der Waals surface area contributed by atoms with Crippen LogP contribution in [0.15, 0.2) is 77.7 Å². The average Bonchev–Trinajstić information content (AvgIpc) is 3.49. The van der Waals surface area contributed by atoms with Gasteiger partial charge in [-0.25, -0.2) is 9.78 Å². The van der Waals surface area contributed by atoms with Gasteiger partial charge in [0.2, 0.25) is 0 Å². The molecule has 3 heterocycles. The number of pyridine rings is 1. The molecule has 6 rings (SSSR count). The molecule has 1 saturated carbocycles. The van der Waals surface area contributed by atoms with Gasteiger partial charge in [-0.2, -0.15) is 0 Å². The lowest BCUT2D eigenvalue weighted by Gasteiger charge is -2.35. The van der Waals surface area contributed by atoms with E-state index in [1.165, 1.54) is 11.1 Å². The number of fused-ring (bicyclic) bond motifs is 1. The molecular formula is C28H30N4O3. The van der Waals surface area contributed by atoms with Crippen LogP contribution in [-0.4, -0.2) is 33.5 Å². The molecule has 1 saturated heterocycles. The van der Waals surface area contributed by atoms with Crippen LogP contribution in [-0.2, 0) is 22.6 Å². The van der Waals surface area contributed by atoms with Crippen LogP contribution in [0.25, 0.3) is 11.0 Å². The van der Waals surface area contributed by atoms with Crippen LogP contribution in [0.2, 0.25) is 0 Å². The molecule has 1 N–H and O–H groups in total. The molecule has 35 heavy (non-hydrogen) atoms. The van der Waals surface area contributed by atoms with E-state index in [9.17, 15) is 4.79 Å². The molecule has 7 heteroatoms. The second-order valence-electron chi connectivity index (χ2n) is 9.49. The summed E-state index contributed by atoms with van der Waals surface area (Å²) < 4.78 is 13.7. The van der Waals surface area contributed by atoms with E-state index in [-0.39, 0.29) is 11.7 Å². The molecule has 0 radical (unpaired) electrons. The van der Waals surface area contributed by atoms with Gasteiger partial charge in [0.25, 0.3) is 0 Å². The van der Waals surface area contributed by atoms with Crippen molar-refractivity contribution in [3.8, 4) is 0 Å². The number of ether oxygens (including phenoxy) is 2. The van der Waals surface area contributed by atoms with E-state index in [4.69, 9.17) is 14.5 Å². The van der Waals surface area contributed by atoms with Crippen molar-refractivity contribution in [1.82, 2.24) is 14.5 Å². The zero-order valence-corrected chi connectivity index (χ0v) is 19.7. The normalized spacial score (nSPS) is 17.8. The van der Waals surface area contributed by atoms with E-state index in [0.717, 1.165) is 42.5 Å². The number of hydrogen-bond acceptors (Lipinski definition) is 5. The Hall–Kier alpha value is -3.42. The van der Waals surface area contributed by atoms with Crippen molar-refractivity contribution in [2.24, 2.45) is 0 Å². The van der Waals surface area contributed by atoms with E-state index < -0.39 is 5.79 Å². The summed E-state index contributed by atoms with van der Waals surface area (Å²) in [7, 11) is 0. The van der Waals surface area contributed by atoms with Crippen LogP contribution >= 0.6 is 0 Å². The number of nitrogens with zero attached hydrogens (tertiary/aromatic N) is 3. The van der Waals surface area contributed by atoms with E-state index in [2.05, 4.69) is 58.4 Å². The van der Waals surface area contributed by atoms with E-state index >= 15 is 0 Å². The SMILES string of the molecule is O=c1[nH]c2c(N(Cc3ccccc3)Cc3ccccc3)nccc2n1C1CCC2(CC1)OCCO2. The average molecular weight is 471 g/mol. The Labute approximate surface area is 204 Å². The highest BCUT2D eigenvalue weighted by Crippen LogP contribution is 2.41. The molecule has 2 aromatic carbocycles. The first kappa shape index (κ1) is 22.1. The number of nitrogens with one attached hydrogen (secondary N) is 1. The molecule has 0 unspecified atom stereocenters. The highest BCUT2D eigenvalue weighted by molar-refractivity contribution is 5.86. The summed E-state index contributed by atoms with van der Waals surface area (Å²) in [4.78, 5) is 23.4. The number of hydrogen-bond donors (Lipinski definition) is 1. The van der Waals surface area contributed by atoms with Crippen LogP contribution in [0.5, 0.6) is 0 Å². The van der Waals surface area contributed by atoms with Crippen molar-refractivity contribution in [2.45, 2.75) is 50.6 Å². The predicted molar refractivity (Wildman–Crippen MR) is 135 cm³/mol. The van der Waals surface area contributed by atoms with Crippen molar-refractivity contribution < 1.29 is 9.47 Å². The zero-order chi connectivity index (χ0) is 23.7. The predicted octanol–water partition coefficient (Wildman–Crippen LogP) is 4.79. The molecule has 0 amide bonds. The fourth-order valence-electron chi connectivity index (χ4n) is 5.54. The molecule has 4 aromatic rings. The van der Waals surface area contributed by atoms with Crippen molar-refractivity contribution in [1.29, 1.82) is 0 Å². The number of aromatic nitrogens is 3. The molecule has 2 aromatic heterocycles. The number of benzene rings is 2. The minimum atomic E-state index is -0.443. The second kappa shape index (κ2) is 9.32. The first-order chi connectivity index (χ1) is 17.2. The first-order valence-corrected chi connectivity index (χ1v) is 12.4. The third-order valence-corrected chi connectivity index (χ3v) is 7.25. The second-order valence-corrected chi connectivity index (χ2v) is 9.49. The number of rotatable bonds is 6. The van der Waals surface area contributed by atoms with Crippen LogP contribution < -0.4 is 10.6 Å². The topological polar surface area (TPSA) is 72.4 Å². The lowest BCUT2D eigenvalue weighted by molar-refractivity contribution is -0.181. The van der Waals surface area contributed by atoms with Crippen LogP contribution in [0.1, 0.15) is 42.9 Å². The Bertz CT molecular complexity index is 1290. The number of imidazole rings is 1. The highest BCUT2D eigenvalue weighted by Gasteiger charge is 2.41. The Morgan fingerprint density at radius 1 is 0.914 bits per heavy atom. The maximum absolute atomic E-state index is 13.2. The fourth-order valence-corrected chi connectivity index (χ4v) is 5.54. The van der Waals surface area contributed by atoms with Crippen molar-refractivity contribution in [2.75, 3.05) is 18.1 Å². The Morgan fingerprint density at radius 3 is 2.11 bits per heavy atom. The van der Waals surface area contributed by atoms with Gasteiger partial charge in [-0.15, -0.1) is 0 Å². The third kappa shape index (κ3) is 4.37. The van der Waals surface area contributed by atoms with Crippen LogP contribution in [0.3, 0.4) is 0 Å². The number of anilines is 1. The molecule has 2 aliphatic rings. The summed E-state index contributed by atoms with van der Waals surface area (Å²) in [6, 6.07) is 22.8. The summed E-state index contributed by atoms with van der Waals surface area (Å²) >= 11 is 0. The van der Waals surface area contributed by atoms with Crippen LogP contribution in [0, 0.1) is 0 Å². The largest absolute Gasteiger partial charge is 0.348 e. The lowest BCUT2D eigenvalue weighted by atomic mass is 9.90. The van der Waals surface area contributed by atoms with E-state index in [1.807, 2.05) is 29.0 Å². The first-order valence-electron chi connectivity index (χ1n) is 12.4. The van der Waals surface area contributed by atoms with Gasteiger partial charge in [0.15, 0.2) is 11.6 Å². The summed E-state index contributed by atoms with van der Waals surface area (Å²) in [5, 5.41) is 0. The summed E-state index contributed by atoms with van der Waals surface area (Å²) in [6.07, 6.45) is 5.13. The quantitative estimate of drug-likeness (QED) is 0.439. The number of H-pyrrole nitrogens is 1. The van der Waals surface area contributed by atoms with Gasteiger partial charge in [0, 0.05) is 38.2 Å². The monoisotopic (exact) mass is 470 g/mol. The molecule has 0 bridgehead atoms. The van der Waals surface area contributed by atoms with Crippen molar-refractivity contribution in [3.63, 3.8) is 0 Å². The minimum absolute atomic E-state index is 0.0807. The molecular weight excluding hydrogens is 440 g/mol. The van der Waals surface area contributed by atoms with Gasteiger partial charge in [-0.05, 0) is 30.0 Å². The molecule has 1 aliphatic carbocycles. The Balaban J connectivity index is 1.35. The smallest absolute Gasteiger partial charge is 0.326 e. The lowest BCUT2D eigenvalue weighted by Crippen LogP contribution is -2.37. The van der Waals surface area contributed by atoms with E-state index in [1.54, 1.807) is 0 Å².